The summed E-state index contributed by atoms with van der Waals surface area (Å²) in [6.45, 7) is 1.78. The summed E-state index contributed by atoms with van der Waals surface area (Å²) < 4.78 is 13.6. The van der Waals surface area contributed by atoms with Crippen LogP contribution in [-0.4, -0.2) is 5.78 Å². The Kier molecular flexibility index (Phi) is 4.01. The van der Waals surface area contributed by atoms with E-state index in [9.17, 15) is 9.18 Å². The minimum absolute atomic E-state index is 0.0289. The number of benzene rings is 1. The number of hydrogen-bond donors (Lipinski definition) is 0. The molecule has 1 nitrogen and oxygen atoms in total. The van der Waals surface area contributed by atoms with Gasteiger partial charge in [-0.3, -0.25) is 4.79 Å². The topological polar surface area (TPSA) is 17.1 Å². The van der Waals surface area contributed by atoms with Crippen molar-refractivity contribution in [2.24, 2.45) is 0 Å². The number of carbonyl (C=O) groups excluding carboxylic acids is 1. The van der Waals surface area contributed by atoms with Crippen molar-refractivity contribution in [3.63, 3.8) is 0 Å². The fourth-order valence-corrected chi connectivity index (χ4v) is 1.50. The normalized spacial score (nSPS) is 10.8. The van der Waals surface area contributed by atoms with Gasteiger partial charge in [0, 0.05) is 10.9 Å². The van der Waals surface area contributed by atoms with Crippen molar-refractivity contribution >= 4 is 21.7 Å². The minimum atomic E-state index is -0.323. The molecule has 1 aromatic rings. The Labute approximate surface area is 90.8 Å². The third kappa shape index (κ3) is 3.07. The van der Waals surface area contributed by atoms with Gasteiger partial charge in [-0.05, 0) is 36.8 Å². The molecule has 0 aliphatic rings. The number of carbonyl (C=O) groups is 1. The highest BCUT2D eigenvalue weighted by Gasteiger charge is 2.05. The molecule has 1 aromatic carbocycles. The predicted molar refractivity (Wildman–Crippen MR) is 57.6 cm³/mol. The first-order valence-corrected chi connectivity index (χ1v) is 5.02. The molecule has 0 saturated carbocycles. The molecule has 74 valence electrons. The van der Waals surface area contributed by atoms with Gasteiger partial charge < -0.3 is 0 Å². The zero-order valence-electron chi connectivity index (χ0n) is 7.76. The molecule has 0 N–H and O–H groups in total. The maximum absolute atomic E-state index is 12.8. The maximum Gasteiger partial charge on any atom is 0.159 e. The zero-order chi connectivity index (χ0) is 10.6. The van der Waals surface area contributed by atoms with Crippen molar-refractivity contribution in [3.05, 3.63) is 46.2 Å². The van der Waals surface area contributed by atoms with Crippen LogP contribution in [0.25, 0.3) is 0 Å². The molecule has 0 heterocycles. The lowest BCUT2D eigenvalue weighted by atomic mass is 10.1. The van der Waals surface area contributed by atoms with Crippen LogP contribution in [-0.2, 0) is 11.2 Å². The van der Waals surface area contributed by atoms with Gasteiger partial charge in [-0.15, -0.1) is 0 Å². The van der Waals surface area contributed by atoms with Gasteiger partial charge in [-0.1, -0.05) is 22.0 Å². The van der Waals surface area contributed by atoms with E-state index in [-0.39, 0.29) is 18.0 Å². The van der Waals surface area contributed by atoms with E-state index in [0.717, 1.165) is 4.47 Å². The SMILES string of the molecule is C/C=C/C(=O)Cc1cc(F)ccc1Br. The summed E-state index contributed by atoms with van der Waals surface area (Å²) in [4.78, 5) is 11.2. The fraction of sp³-hybridized carbons (Fsp3) is 0.182. The molecule has 0 unspecified atom stereocenters. The maximum atomic E-state index is 12.8. The van der Waals surface area contributed by atoms with Crippen LogP contribution in [0.4, 0.5) is 4.39 Å². The average Bonchev–Trinajstić information content (AvgIpc) is 2.12. The Balaban J connectivity index is 2.85. The number of halogens is 2. The fourth-order valence-electron chi connectivity index (χ4n) is 1.11. The largest absolute Gasteiger partial charge is 0.294 e. The second-order valence-corrected chi connectivity index (χ2v) is 3.73. The molecular formula is C11H10BrFO. The van der Waals surface area contributed by atoms with Gasteiger partial charge in [0.05, 0.1) is 0 Å². The van der Waals surface area contributed by atoms with Gasteiger partial charge in [0.25, 0.3) is 0 Å². The van der Waals surface area contributed by atoms with Crippen LogP contribution < -0.4 is 0 Å². The summed E-state index contributed by atoms with van der Waals surface area (Å²) in [5.74, 6) is -0.352. The molecule has 1 rings (SSSR count). The molecule has 0 bridgehead atoms. The number of ketones is 1. The van der Waals surface area contributed by atoms with Crippen LogP contribution in [0.3, 0.4) is 0 Å². The van der Waals surface area contributed by atoms with Gasteiger partial charge in [-0.2, -0.15) is 0 Å². The van der Waals surface area contributed by atoms with E-state index in [0.29, 0.717) is 5.56 Å². The van der Waals surface area contributed by atoms with Crippen LogP contribution in [0.15, 0.2) is 34.8 Å². The summed E-state index contributed by atoms with van der Waals surface area (Å²) >= 11 is 3.27. The number of allylic oxidation sites excluding steroid dienone is 2. The van der Waals surface area contributed by atoms with Crippen LogP contribution >= 0.6 is 15.9 Å². The van der Waals surface area contributed by atoms with E-state index in [1.165, 1.54) is 18.2 Å². The van der Waals surface area contributed by atoms with E-state index >= 15 is 0 Å². The van der Waals surface area contributed by atoms with E-state index < -0.39 is 0 Å². The molecule has 0 aliphatic carbocycles. The summed E-state index contributed by atoms with van der Waals surface area (Å²) in [5.41, 5.74) is 0.674. The molecule has 0 radical (unpaired) electrons. The lowest BCUT2D eigenvalue weighted by molar-refractivity contribution is -0.114. The second-order valence-electron chi connectivity index (χ2n) is 2.88. The number of hydrogen-bond acceptors (Lipinski definition) is 1. The first-order valence-electron chi connectivity index (χ1n) is 4.23. The van der Waals surface area contributed by atoms with Crippen molar-refractivity contribution in [1.82, 2.24) is 0 Å². The monoisotopic (exact) mass is 256 g/mol. The Hall–Kier alpha value is -0.960. The molecule has 0 amide bonds. The standard InChI is InChI=1S/C11H10BrFO/c1-2-3-10(14)7-8-6-9(13)4-5-11(8)12/h2-6H,7H2,1H3/b3-2+. The van der Waals surface area contributed by atoms with Crippen LogP contribution in [0, 0.1) is 5.82 Å². The molecule has 0 saturated heterocycles. The lowest BCUT2D eigenvalue weighted by Gasteiger charge is -2.01. The van der Waals surface area contributed by atoms with Crippen LogP contribution in [0.5, 0.6) is 0 Å². The van der Waals surface area contributed by atoms with E-state index in [1.807, 2.05) is 0 Å². The molecule has 3 heteroatoms. The van der Waals surface area contributed by atoms with Crippen molar-refractivity contribution in [1.29, 1.82) is 0 Å². The van der Waals surface area contributed by atoms with Gasteiger partial charge in [-0.25, -0.2) is 4.39 Å². The van der Waals surface area contributed by atoms with Crippen LogP contribution in [0.1, 0.15) is 12.5 Å². The minimum Gasteiger partial charge on any atom is -0.294 e. The molecule has 0 fully saturated rings. The van der Waals surface area contributed by atoms with Crippen LogP contribution in [0.2, 0.25) is 0 Å². The molecular weight excluding hydrogens is 247 g/mol. The summed E-state index contributed by atoms with van der Waals surface area (Å²) in [6, 6.07) is 4.33. The van der Waals surface area contributed by atoms with E-state index in [1.54, 1.807) is 19.1 Å². The lowest BCUT2D eigenvalue weighted by Crippen LogP contribution is -1.99. The summed E-state index contributed by atoms with van der Waals surface area (Å²) in [5, 5.41) is 0. The highest BCUT2D eigenvalue weighted by atomic mass is 79.9. The second kappa shape index (κ2) is 5.05. The van der Waals surface area contributed by atoms with Crippen molar-refractivity contribution in [3.8, 4) is 0 Å². The first-order chi connectivity index (χ1) is 6.63. The molecule has 14 heavy (non-hydrogen) atoms. The smallest absolute Gasteiger partial charge is 0.159 e. The Morgan fingerprint density at radius 2 is 2.29 bits per heavy atom. The van der Waals surface area contributed by atoms with Gasteiger partial charge in [0.2, 0.25) is 0 Å². The third-order valence-corrected chi connectivity index (χ3v) is 2.50. The molecule has 0 spiro atoms. The van der Waals surface area contributed by atoms with Crippen molar-refractivity contribution in [2.45, 2.75) is 13.3 Å². The quantitative estimate of drug-likeness (QED) is 0.759. The first kappa shape index (κ1) is 11.1. The van der Waals surface area contributed by atoms with Gasteiger partial charge in [0.15, 0.2) is 5.78 Å². The molecule has 0 aromatic heterocycles. The van der Waals surface area contributed by atoms with E-state index in [4.69, 9.17) is 0 Å². The van der Waals surface area contributed by atoms with E-state index in [2.05, 4.69) is 15.9 Å². The Morgan fingerprint density at radius 1 is 1.57 bits per heavy atom. The molecule has 0 aliphatic heterocycles. The third-order valence-electron chi connectivity index (χ3n) is 1.73. The highest BCUT2D eigenvalue weighted by Crippen LogP contribution is 2.18. The Morgan fingerprint density at radius 3 is 2.93 bits per heavy atom. The molecule has 0 atom stereocenters. The number of rotatable bonds is 3. The van der Waals surface area contributed by atoms with Crippen molar-refractivity contribution < 1.29 is 9.18 Å². The average molecular weight is 257 g/mol. The predicted octanol–water partition coefficient (Wildman–Crippen LogP) is 3.28. The van der Waals surface area contributed by atoms with Crippen molar-refractivity contribution in [2.75, 3.05) is 0 Å². The summed E-state index contributed by atoms with van der Waals surface area (Å²) in [6.07, 6.45) is 3.38. The zero-order valence-corrected chi connectivity index (χ0v) is 9.34. The summed E-state index contributed by atoms with van der Waals surface area (Å²) in [7, 11) is 0. The van der Waals surface area contributed by atoms with Gasteiger partial charge >= 0.3 is 0 Å². The Bertz CT molecular complexity index is 372. The highest BCUT2D eigenvalue weighted by molar-refractivity contribution is 9.10. The van der Waals surface area contributed by atoms with Gasteiger partial charge in [0.1, 0.15) is 5.82 Å².